The number of amides is 1. The second-order valence-electron chi connectivity index (χ2n) is 6.49. The summed E-state index contributed by atoms with van der Waals surface area (Å²) >= 11 is 5.87. The largest absolute Gasteiger partial charge is 0.506 e. The molecular weight excluding hydrogens is 460 g/mol. The molecule has 0 aliphatic heterocycles. The normalized spacial score (nSPS) is 10.9. The van der Waals surface area contributed by atoms with Gasteiger partial charge < -0.3 is 15.7 Å². The lowest BCUT2D eigenvalue weighted by molar-refractivity contribution is -0.384. The van der Waals surface area contributed by atoms with Crippen molar-refractivity contribution in [3.8, 4) is 5.75 Å². The van der Waals surface area contributed by atoms with E-state index in [0.717, 1.165) is 24.3 Å². The molecule has 3 rings (SSSR count). The summed E-state index contributed by atoms with van der Waals surface area (Å²) in [6, 6.07) is 13.1. The van der Waals surface area contributed by atoms with E-state index in [1.807, 2.05) is 0 Å². The molecule has 166 valence electrons. The van der Waals surface area contributed by atoms with Crippen LogP contribution in [0.15, 0.2) is 65.6 Å². The fraction of sp³-hybridized carbons (Fsp3) is 0.0500. The number of carbonyl (C=O) groups excluding carboxylic acids is 1. The number of nitrogens with zero attached hydrogens (tertiary/aromatic N) is 1. The minimum absolute atomic E-state index is 0.0635. The SMILES string of the molecule is CNc1ccc([N+](=O)[O-])cc1C(=O)Nc1cc(S(=O)(=O)Nc2cccc(Cl)c2)ccc1O. The quantitative estimate of drug-likeness (QED) is 0.228. The molecule has 0 unspecified atom stereocenters. The Bertz CT molecular complexity index is 1310. The molecule has 0 spiro atoms. The number of phenols is 1. The van der Waals surface area contributed by atoms with Crippen molar-refractivity contribution in [2.75, 3.05) is 22.4 Å². The lowest BCUT2D eigenvalue weighted by Gasteiger charge is -2.13. The number of rotatable bonds is 7. The van der Waals surface area contributed by atoms with Crippen LogP contribution in [0.3, 0.4) is 0 Å². The molecule has 32 heavy (non-hydrogen) atoms. The monoisotopic (exact) mass is 476 g/mol. The van der Waals surface area contributed by atoms with E-state index in [2.05, 4.69) is 15.4 Å². The van der Waals surface area contributed by atoms with Crippen molar-refractivity contribution >= 4 is 50.3 Å². The molecule has 0 aliphatic rings. The summed E-state index contributed by atoms with van der Waals surface area (Å²) in [5, 5.41) is 26.6. The molecule has 10 nitrogen and oxygen atoms in total. The van der Waals surface area contributed by atoms with Gasteiger partial charge in [-0.3, -0.25) is 19.6 Å². The number of nitro benzene ring substituents is 1. The predicted molar refractivity (Wildman–Crippen MR) is 121 cm³/mol. The van der Waals surface area contributed by atoms with Gasteiger partial charge in [-0.2, -0.15) is 0 Å². The topological polar surface area (TPSA) is 151 Å². The summed E-state index contributed by atoms with van der Waals surface area (Å²) in [6.45, 7) is 0. The molecule has 12 heteroatoms. The molecule has 0 bridgehead atoms. The zero-order valence-corrected chi connectivity index (χ0v) is 18.1. The standard InChI is InChI=1S/C20H17ClN4O6S/c1-22-17-7-5-14(25(28)29)10-16(17)20(27)23-18-11-15(6-8-19(18)26)32(30,31)24-13-4-2-3-12(21)9-13/h2-11,22,24,26H,1H3,(H,23,27). The maximum absolute atomic E-state index is 12.7. The second-order valence-corrected chi connectivity index (χ2v) is 8.60. The van der Waals surface area contributed by atoms with Gasteiger partial charge in [-0.05, 0) is 42.5 Å². The van der Waals surface area contributed by atoms with Crippen molar-refractivity contribution < 1.29 is 23.2 Å². The molecule has 3 aromatic rings. The summed E-state index contributed by atoms with van der Waals surface area (Å²) in [4.78, 5) is 22.9. The third-order valence-electron chi connectivity index (χ3n) is 4.33. The minimum Gasteiger partial charge on any atom is -0.506 e. The number of non-ortho nitro benzene ring substituents is 1. The van der Waals surface area contributed by atoms with Crippen LogP contribution < -0.4 is 15.4 Å². The highest BCUT2D eigenvalue weighted by Crippen LogP contribution is 2.30. The first kappa shape index (κ1) is 22.8. The number of carbonyl (C=O) groups is 1. The Morgan fingerprint density at radius 1 is 1.06 bits per heavy atom. The Labute approximate surface area is 188 Å². The Balaban J connectivity index is 1.92. The van der Waals surface area contributed by atoms with Crippen LogP contribution in [-0.4, -0.2) is 31.4 Å². The Morgan fingerprint density at radius 2 is 1.81 bits per heavy atom. The summed E-state index contributed by atoms with van der Waals surface area (Å²) in [6.07, 6.45) is 0. The Hall–Kier alpha value is -3.83. The van der Waals surface area contributed by atoms with Gasteiger partial charge in [0.1, 0.15) is 5.75 Å². The maximum Gasteiger partial charge on any atom is 0.270 e. The number of aromatic hydroxyl groups is 1. The number of anilines is 3. The predicted octanol–water partition coefficient (Wildman–Crippen LogP) is 4.05. The number of sulfonamides is 1. The summed E-state index contributed by atoms with van der Waals surface area (Å²) in [7, 11) is -2.54. The number of nitro groups is 1. The number of halogens is 1. The molecule has 4 N–H and O–H groups in total. The van der Waals surface area contributed by atoms with Crippen molar-refractivity contribution in [2.24, 2.45) is 0 Å². The number of hydrogen-bond donors (Lipinski definition) is 4. The molecule has 0 radical (unpaired) electrons. The number of benzene rings is 3. The summed E-state index contributed by atoms with van der Waals surface area (Å²) < 4.78 is 27.8. The Morgan fingerprint density at radius 3 is 2.47 bits per heavy atom. The van der Waals surface area contributed by atoms with Crippen molar-refractivity contribution in [3.63, 3.8) is 0 Å². The molecule has 0 atom stereocenters. The van der Waals surface area contributed by atoms with E-state index >= 15 is 0 Å². The van der Waals surface area contributed by atoms with Crippen LogP contribution >= 0.6 is 11.6 Å². The van der Waals surface area contributed by atoms with Gasteiger partial charge >= 0.3 is 0 Å². The van der Waals surface area contributed by atoms with Crippen LogP contribution in [0.5, 0.6) is 5.75 Å². The van der Waals surface area contributed by atoms with Gasteiger partial charge in [0.15, 0.2) is 0 Å². The molecule has 0 aliphatic carbocycles. The van der Waals surface area contributed by atoms with Crippen LogP contribution in [0.1, 0.15) is 10.4 Å². The maximum atomic E-state index is 12.7. The number of phenolic OH excluding ortho intramolecular Hbond substituents is 1. The molecule has 1 amide bonds. The van der Waals surface area contributed by atoms with E-state index in [-0.39, 0.29) is 27.5 Å². The first-order chi connectivity index (χ1) is 15.1. The van der Waals surface area contributed by atoms with E-state index in [9.17, 15) is 28.4 Å². The van der Waals surface area contributed by atoms with Crippen LogP contribution in [0, 0.1) is 10.1 Å². The fourth-order valence-corrected chi connectivity index (χ4v) is 4.06. The third kappa shape index (κ3) is 5.07. The fourth-order valence-electron chi connectivity index (χ4n) is 2.79. The molecule has 3 aromatic carbocycles. The highest BCUT2D eigenvalue weighted by molar-refractivity contribution is 7.92. The van der Waals surface area contributed by atoms with Gasteiger partial charge in [0.2, 0.25) is 0 Å². The van der Waals surface area contributed by atoms with Crippen molar-refractivity contribution in [1.82, 2.24) is 0 Å². The van der Waals surface area contributed by atoms with Gasteiger partial charge in [-0.25, -0.2) is 8.42 Å². The van der Waals surface area contributed by atoms with Crippen LogP contribution in [0.25, 0.3) is 0 Å². The Kier molecular flexibility index (Phi) is 6.51. The average molecular weight is 477 g/mol. The molecule has 0 aromatic heterocycles. The summed E-state index contributed by atoms with van der Waals surface area (Å²) in [5.41, 5.74) is -0.0326. The molecule has 0 fully saturated rings. The van der Waals surface area contributed by atoms with E-state index in [1.165, 1.54) is 31.3 Å². The van der Waals surface area contributed by atoms with E-state index in [1.54, 1.807) is 12.1 Å². The van der Waals surface area contributed by atoms with Gasteiger partial charge in [0.05, 0.1) is 26.8 Å². The number of nitrogens with one attached hydrogen (secondary N) is 3. The first-order valence-corrected chi connectivity index (χ1v) is 10.9. The zero-order valence-electron chi connectivity index (χ0n) is 16.5. The first-order valence-electron chi connectivity index (χ1n) is 8.99. The van der Waals surface area contributed by atoms with Crippen molar-refractivity contribution in [1.29, 1.82) is 0 Å². The smallest absolute Gasteiger partial charge is 0.270 e. The average Bonchev–Trinajstić information content (AvgIpc) is 2.74. The lowest BCUT2D eigenvalue weighted by atomic mass is 10.1. The molecular formula is C20H17ClN4O6S. The van der Waals surface area contributed by atoms with Crippen molar-refractivity contribution in [2.45, 2.75) is 4.90 Å². The van der Waals surface area contributed by atoms with E-state index < -0.39 is 26.6 Å². The van der Waals surface area contributed by atoms with Gasteiger partial charge in [0.25, 0.3) is 21.6 Å². The minimum atomic E-state index is -4.07. The molecule has 0 heterocycles. The molecule has 0 saturated carbocycles. The van der Waals surface area contributed by atoms with Gasteiger partial charge in [0, 0.05) is 29.9 Å². The van der Waals surface area contributed by atoms with E-state index in [4.69, 9.17) is 11.6 Å². The van der Waals surface area contributed by atoms with Crippen LogP contribution in [0.4, 0.5) is 22.7 Å². The van der Waals surface area contributed by atoms with E-state index in [0.29, 0.717) is 10.7 Å². The van der Waals surface area contributed by atoms with Crippen molar-refractivity contribution in [3.05, 3.63) is 81.4 Å². The van der Waals surface area contributed by atoms with Crippen LogP contribution in [-0.2, 0) is 10.0 Å². The third-order valence-corrected chi connectivity index (χ3v) is 5.95. The summed E-state index contributed by atoms with van der Waals surface area (Å²) in [5.74, 6) is -1.18. The highest BCUT2D eigenvalue weighted by Gasteiger charge is 2.20. The molecule has 0 saturated heterocycles. The lowest BCUT2D eigenvalue weighted by Crippen LogP contribution is -2.16. The number of hydrogen-bond acceptors (Lipinski definition) is 7. The van der Waals surface area contributed by atoms with Crippen LogP contribution in [0.2, 0.25) is 5.02 Å². The van der Waals surface area contributed by atoms with Gasteiger partial charge in [-0.1, -0.05) is 17.7 Å². The van der Waals surface area contributed by atoms with Gasteiger partial charge in [-0.15, -0.1) is 0 Å². The highest BCUT2D eigenvalue weighted by atomic mass is 35.5. The second kappa shape index (κ2) is 9.12. The zero-order chi connectivity index (χ0) is 23.5.